The second kappa shape index (κ2) is 21.2. The zero-order valence-electron chi connectivity index (χ0n) is 25.5. The van der Waals surface area contributed by atoms with Gasteiger partial charge in [-0.05, 0) is 32.1 Å². The van der Waals surface area contributed by atoms with E-state index in [-0.39, 0.29) is 29.9 Å². The number of ketones is 1. The molecule has 0 aromatic heterocycles. The van der Waals surface area contributed by atoms with Crippen LogP contribution in [0.3, 0.4) is 0 Å². The number of aliphatic hydroxyl groups excluding tert-OH is 2. The fourth-order valence-electron chi connectivity index (χ4n) is 4.78. The Kier molecular flexibility index (Phi) is 19.9. The van der Waals surface area contributed by atoms with Gasteiger partial charge in [-0.3, -0.25) is 24.0 Å². The minimum absolute atomic E-state index is 0.0559. The second-order valence-electron chi connectivity index (χ2n) is 11.5. The number of rotatable bonds is 24. The number of carbonyl (C=O) groups is 5. The average Bonchev–Trinajstić information content (AvgIpc) is 2.87. The molecule has 1 amide bonds. The summed E-state index contributed by atoms with van der Waals surface area (Å²) >= 11 is 0. The first-order valence-corrected chi connectivity index (χ1v) is 15.0. The van der Waals surface area contributed by atoms with Crippen molar-refractivity contribution in [1.82, 2.24) is 5.32 Å². The number of carboxylic acids is 2. The van der Waals surface area contributed by atoms with Gasteiger partial charge in [0.25, 0.3) is 0 Å². The number of aliphatic hydroxyl groups is 2. The van der Waals surface area contributed by atoms with Gasteiger partial charge in [-0.15, -0.1) is 0 Å². The van der Waals surface area contributed by atoms with Gasteiger partial charge in [0.2, 0.25) is 5.91 Å². The van der Waals surface area contributed by atoms with Crippen molar-refractivity contribution in [1.29, 1.82) is 0 Å². The summed E-state index contributed by atoms with van der Waals surface area (Å²) in [6.45, 7) is 8.85. The minimum atomic E-state index is -1.42. The molecular weight excluding hydrogens is 534 g/mol. The third-order valence-corrected chi connectivity index (χ3v) is 7.37. The maximum Gasteiger partial charge on any atom is 0.307 e. The van der Waals surface area contributed by atoms with Crippen molar-refractivity contribution in [2.24, 2.45) is 17.8 Å². The molecule has 238 valence electrons. The molecule has 0 aromatic rings. The SMILES string of the molecule is CCCC[C@H](C)C(=O)[C@H](C[C@H](C)CCCCCC[C@H](O)C[C@H](O)[C@@H](C)NC(C)=O)OC(=O)C[C@@H](CC(=O)O)C(=O)O. The molecule has 0 aromatic carbocycles. The normalized spacial score (nSPS) is 16.5. The van der Waals surface area contributed by atoms with Gasteiger partial charge < -0.3 is 30.5 Å². The number of unbranched alkanes of at least 4 members (excludes halogenated alkanes) is 4. The van der Waals surface area contributed by atoms with Gasteiger partial charge in [0.05, 0.1) is 37.0 Å². The van der Waals surface area contributed by atoms with E-state index in [0.29, 0.717) is 19.3 Å². The van der Waals surface area contributed by atoms with Gasteiger partial charge in [0, 0.05) is 19.3 Å². The van der Waals surface area contributed by atoms with Crippen LogP contribution < -0.4 is 5.32 Å². The average molecular weight is 588 g/mol. The van der Waals surface area contributed by atoms with Crippen molar-refractivity contribution in [3.05, 3.63) is 0 Å². The quantitative estimate of drug-likeness (QED) is 0.0819. The lowest BCUT2D eigenvalue weighted by Crippen LogP contribution is -2.41. The van der Waals surface area contributed by atoms with Crippen LogP contribution in [-0.4, -0.2) is 74.4 Å². The van der Waals surface area contributed by atoms with Crippen LogP contribution in [0.4, 0.5) is 0 Å². The zero-order chi connectivity index (χ0) is 31.5. The van der Waals surface area contributed by atoms with Crippen LogP contribution in [0.2, 0.25) is 0 Å². The summed E-state index contributed by atoms with van der Waals surface area (Å²) < 4.78 is 5.47. The van der Waals surface area contributed by atoms with Crippen molar-refractivity contribution in [2.75, 3.05) is 0 Å². The molecule has 0 spiro atoms. The number of nitrogens with one attached hydrogen (secondary N) is 1. The Hall–Kier alpha value is -2.53. The maximum atomic E-state index is 13.1. The molecule has 41 heavy (non-hydrogen) atoms. The van der Waals surface area contributed by atoms with E-state index in [4.69, 9.17) is 9.84 Å². The zero-order valence-corrected chi connectivity index (χ0v) is 25.5. The lowest BCUT2D eigenvalue weighted by Gasteiger charge is -2.24. The summed E-state index contributed by atoms with van der Waals surface area (Å²) in [4.78, 5) is 59.1. The van der Waals surface area contributed by atoms with E-state index in [9.17, 15) is 39.3 Å². The number of Topliss-reactive ketones (excluding diaryl/α,β-unsaturated/α-hetero) is 1. The maximum absolute atomic E-state index is 13.1. The van der Waals surface area contributed by atoms with Crippen molar-refractivity contribution in [2.45, 2.75) is 142 Å². The number of carbonyl (C=O) groups excluding carboxylic acids is 3. The first kappa shape index (κ1) is 38.5. The third-order valence-electron chi connectivity index (χ3n) is 7.37. The lowest BCUT2D eigenvalue weighted by molar-refractivity contribution is -0.161. The van der Waals surface area contributed by atoms with Crippen LogP contribution in [0, 0.1) is 17.8 Å². The van der Waals surface area contributed by atoms with E-state index < -0.39 is 61.0 Å². The molecule has 0 aliphatic carbocycles. The predicted octanol–water partition coefficient (Wildman–Crippen LogP) is 3.86. The first-order valence-electron chi connectivity index (χ1n) is 15.0. The molecule has 0 saturated heterocycles. The molecule has 0 aliphatic rings. The molecule has 11 heteroatoms. The van der Waals surface area contributed by atoms with E-state index >= 15 is 0 Å². The Morgan fingerprint density at radius 3 is 1.95 bits per heavy atom. The second-order valence-corrected chi connectivity index (χ2v) is 11.5. The first-order chi connectivity index (χ1) is 19.2. The van der Waals surface area contributed by atoms with Crippen LogP contribution in [-0.2, 0) is 28.7 Å². The van der Waals surface area contributed by atoms with Gasteiger partial charge in [-0.25, -0.2) is 0 Å². The highest BCUT2D eigenvalue weighted by molar-refractivity contribution is 5.88. The summed E-state index contributed by atoms with van der Waals surface area (Å²) in [5.74, 6) is -5.74. The van der Waals surface area contributed by atoms with Crippen LogP contribution in [0.1, 0.15) is 118 Å². The molecule has 0 fully saturated rings. The summed E-state index contributed by atoms with van der Waals surface area (Å²) in [6, 6.07) is -0.434. The number of hydrogen-bond acceptors (Lipinski definition) is 8. The lowest BCUT2D eigenvalue weighted by atomic mass is 9.89. The van der Waals surface area contributed by atoms with Crippen LogP contribution in [0.25, 0.3) is 0 Å². The van der Waals surface area contributed by atoms with E-state index in [1.165, 1.54) is 6.92 Å². The van der Waals surface area contributed by atoms with Crippen LogP contribution >= 0.6 is 0 Å². The minimum Gasteiger partial charge on any atom is -0.481 e. The molecule has 0 unspecified atom stereocenters. The highest BCUT2D eigenvalue weighted by Crippen LogP contribution is 2.23. The molecule has 7 atom stereocenters. The molecule has 0 saturated carbocycles. The van der Waals surface area contributed by atoms with Crippen molar-refractivity contribution < 1.29 is 49.1 Å². The Balaban J connectivity index is 4.78. The van der Waals surface area contributed by atoms with Crippen LogP contribution in [0.5, 0.6) is 0 Å². The van der Waals surface area contributed by atoms with Crippen molar-refractivity contribution >= 4 is 29.6 Å². The fraction of sp³-hybridized carbons (Fsp3) is 0.833. The molecule has 0 radical (unpaired) electrons. The molecule has 0 aliphatic heterocycles. The summed E-state index contributed by atoms with van der Waals surface area (Å²) in [5, 5.41) is 41.1. The number of ether oxygens (including phenoxy) is 1. The summed E-state index contributed by atoms with van der Waals surface area (Å²) in [6.07, 6.45) is 3.88. The highest BCUT2D eigenvalue weighted by atomic mass is 16.5. The van der Waals surface area contributed by atoms with Crippen LogP contribution in [0.15, 0.2) is 0 Å². The monoisotopic (exact) mass is 587 g/mol. The summed E-state index contributed by atoms with van der Waals surface area (Å²) in [5.41, 5.74) is 0. The Morgan fingerprint density at radius 1 is 0.805 bits per heavy atom. The van der Waals surface area contributed by atoms with E-state index in [2.05, 4.69) is 5.32 Å². The number of aliphatic carboxylic acids is 2. The topological polar surface area (TPSA) is 188 Å². The van der Waals surface area contributed by atoms with Crippen molar-refractivity contribution in [3.63, 3.8) is 0 Å². The molecule has 0 rings (SSSR count). The standard InChI is InChI=1S/C30H53NO10/c1-6-7-13-20(3)29(38)26(41-28(37)17-23(30(39)40)16-27(35)36)15-19(2)12-10-8-9-11-14-24(33)18-25(34)21(4)31-22(5)32/h19-21,23-26,33-34H,6-18H2,1-5H3,(H,31,32)(H,35,36)(H,39,40)/t19-,20+,21-,23-,24+,25+,26+/m1/s1. The van der Waals surface area contributed by atoms with E-state index in [0.717, 1.165) is 44.9 Å². The van der Waals surface area contributed by atoms with Crippen molar-refractivity contribution in [3.8, 4) is 0 Å². The third kappa shape index (κ3) is 18.5. The molecule has 0 bridgehead atoms. The van der Waals surface area contributed by atoms with Gasteiger partial charge in [-0.2, -0.15) is 0 Å². The number of esters is 1. The highest BCUT2D eigenvalue weighted by Gasteiger charge is 2.31. The van der Waals surface area contributed by atoms with Gasteiger partial charge in [-0.1, -0.05) is 65.7 Å². The molecule has 0 heterocycles. The fourth-order valence-corrected chi connectivity index (χ4v) is 4.78. The Labute approximate surface area is 244 Å². The molecule has 5 N–H and O–H groups in total. The van der Waals surface area contributed by atoms with Gasteiger partial charge >= 0.3 is 17.9 Å². The van der Waals surface area contributed by atoms with Gasteiger partial charge in [0.15, 0.2) is 11.9 Å². The van der Waals surface area contributed by atoms with E-state index in [1.807, 2.05) is 13.8 Å². The largest absolute Gasteiger partial charge is 0.481 e. The molecular formula is C30H53NO10. The Morgan fingerprint density at radius 2 is 1.41 bits per heavy atom. The predicted molar refractivity (Wildman–Crippen MR) is 153 cm³/mol. The number of amides is 1. The summed E-state index contributed by atoms with van der Waals surface area (Å²) in [7, 11) is 0. The smallest absolute Gasteiger partial charge is 0.307 e. The Bertz CT molecular complexity index is 817. The molecule has 11 nitrogen and oxygen atoms in total. The number of carboxylic acid groups (broad SMARTS) is 2. The van der Waals surface area contributed by atoms with E-state index in [1.54, 1.807) is 13.8 Å². The van der Waals surface area contributed by atoms with Gasteiger partial charge in [0.1, 0.15) is 0 Å². The number of hydrogen-bond donors (Lipinski definition) is 5.